The van der Waals surface area contributed by atoms with Gasteiger partial charge in [0.05, 0.1) is 0 Å². The number of rotatable bonds is 2. The molecule has 5 heteroatoms. The van der Waals surface area contributed by atoms with Gasteiger partial charge >= 0.3 is 0 Å². The molecule has 0 aliphatic carbocycles. The monoisotopic (exact) mass is 225 g/mol. The summed E-state index contributed by atoms with van der Waals surface area (Å²) in [4.78, 5) is 11.6. The fourth-order valence-electron chi connectivity index (χ4n) is 0.799. The van der Waals surface area contributed by atoms with Gasteiger partial charge in [-0.25, -0.2) is 0 Å². The summed E-state index contributed by atoms with van der Waals surface area (Å²) in [5, 5.41) is 11.4. The smallest absolute Gasteiger partial charge is 0.230 e. The highest BCUT2D eigenvalue weighted by atomic mass is 32.2. The zero-order valence-corrected chi connectivity index (χ0v) is 10.2. The van der Waals surface area contributed by atoms with Crippen molar-refractivity contribution in [1.29, 1.82) is 0 Å². The van der Waals surface area contributed by atoms with Crippen LogP contribution in [0.2, 0.25) is 0 Å². The van der Waals surface area contributed by atoms with Crippen LogP contribution in [0.5, 0.6) is 0 Å². The first-order chi connectivity index (χ1) is 6.93. The van der Waals surface area contributed by atoms with Crippen LogP contribution in [0.3, 0.4) is 0 Å². The van der Waals surface area contributed by atoms with Crippen LogP contribution in [-0.2, 0) is 4.79 Å². The van der Waals surface area contributed by atoms with Gasteiger partial charge in [0.25, 0.3) is 0 Å². The molecule has 0 atom stereocenters. The van der Waals surface area contributed by atoms with E-state index >= 15 is 0 Å². The lowest BCUT2D eigenvalue weighted by atomic mass is 9.96. The third-order valence-electron chi connectivity index (χ3n) is 1.77. The zero-order valence-electron chi connectivity index (χ0n) is 9.37. The van der Waals surface area contributed by atoms with Crippen LogP contribution in [0.25, 0.3) is 0 Å². The van der Waals surface area contributed by atoms with E-state index in [0.717, 1.165) is 5.03 Å². The average molecular weight is 225 g/mol. The van der Waals surface area contributed by atoms with Crippen LogP contribution < -0.4 is 5.32 Å². The van der Waals surface area contributed by atoms with Crippen molar-refractivity contribution in [1.82, 2.24) is 10.2 Å². The van der Waals surface area contributed by atoms with Crippen LogP contribution in [0.1, 0.15) is 20.8 Å². The standard InChI is InChI=1S/C10H15N3OS/c1-10(2,3)9(14)11-7-5-6-8(15-4)13-12-7/h5-6H,1-4H3,(H,11,12,14). The number of hydrogen-bond donors (Lipinski definition) is 1. The lowest BCUT2D eigenvalue weighted by Crippen LogP contribution is -2.28. The molecule has 1 aromatic heterocycles. The highest BCUT2D eigenvalue weighted by molar-refractivity contribution is 7.98. The molecule has 0 unspecified atom stereocenters. The number of thioether (sulfide) groups is 1. The van der Waals surface area contributed by atoms with Gasteiger partial charge in [-0.1, -0.05) is 20.8 Å². The van der Waals surface area contributed by atoms with E-state index in [1.165, 1.54) is 11.8 Å². The third kappa shape index (κ3) is 3.51. The van der Waals surface area contributed by atoms with Crippen LogP contribution in [0.15, 0.2) is 17.2 Å². The maximum atomic E-state index is 11.6. The number of carbonyl (C=O) groups excluding carboxylic acids is 1. The minimum absolute atomic E-state index is 0.0614. The number of carbonyl (C=O) groups is 1. The Kier molecular flexibility index (Phi) is 3.68. The third-order valence-corrected chi connectivity index (χ3v) is 2.41. The number of aromatic nitrogens is 2. The van der Waals surface area contributed by atoms with Crippen molar-refractivity contribution >= 4 is 23.5 Å². The second-order valence-corrected chi connectivity index (χ2v) is 4.99. The quantitative estimate of drug-likeness (QED) is 0.784. The topological polar surface area (TPSA) is 54.9 Å². The van der Waals surface area contributed by atoms with E-state index < -0.39 is 5.41 Å². The number of nitrogens with zero attached hydrogens (tertiary/aromatic N) is 2. The maximum Gasteiger partial charge on any atom is 0.230 e. The highest BCUT2D eigenvalue weighted by Crippen LogP contribution is 2.16. The molecule has 1 aromatic rings. The fourth-order valence-corrected chi connectivity index (χ4v) is 1.13. The Hall–Kier alpha value is -1.10. The van der Waals surface area contributed by atoms with E-state index in [1.807, 2.05) is 33.1 Å². The molecule has 1 N–H and O–H groups in total. The SMILES string of the molecule is CSc1ccc(NC(=O)C(C)(C)C)nn1. The molecule has 1 rings (SSSR count). The van der Waals surface area contributed by atoms with Crippen molar-refractivity contribution in [2.75, 3.05) is 11.6 Å². The van der Waals surface area contributed by atoms with E-state index in [2.05, 4.69) is 15.5 Å². The molecule has 82 valence electrons. The van der Waals surface area contributed by atoms with Gasteiger partial charge in [-0.2, -0.15) is 0 Å². The normalized spacial score (nSPS) is 11.2. The van der Waals surface area contributed by atoms with Gasteiger partial charge in [0.2, 0.25) is 5.91 Å². The summed E-state index contributed by atoms with van der Waals surface area (Å²) in [6, 6.07) is 3.58. The molecule has 15 heavy (non-hydrogen) atoms. The van der Waals surface area contributed by atoms with Crippen molar-refractivity contribution < 1.29 is 4.79 Å². The maximum absolute atomic E-state index is 11.6. The second-order valence-electron chi connectivity index (χ2n) is 4.17. The van der Waals surface area contributed by atoms with Crippen LogP contribution in [-0.4, -0.2) is 22.4 Å². The lowest BCUT2D eigenvalue weighted by molar-refractivity contribution is -0.123. The van der Waals surface area contributed by atoms with E-state index in [-0.39, 0.29) is 5.91 Å². The molecule has 0 aliphatic heterocycles. The Morgan fingerprint density at radius 3 is 2.40 bits per heavy atom. The second kappa shape index (κ2) is 4.61. The van der Waals surface area contributed by atoms with E-state index in [9.17, 15) is 4.79 Å². The Labute approximate surface area is 93.9 Å². The predicted octanol–water partition coefficient (Wildman–Crippen LogP) is 2.18. The van der Waals surface area contributed by atoms with Crippen molar-refractivity contribution in [2.45, 2.75) is 25.8 Å². The fraction of sp³-hybridized carbons (Fsp3) is 0.500. The first kappa shape index (κ1) is 12.0. The van der Waals surface area contributed by atoms with Gasteiger partial charge < -0.3 is 5.32 Å². The lowest BCUT2D eigenvalue weighted by Gasteiger charge is -2.16. The first-order valence-corrected chi connectivity index (χ1v) is 5.85. The summed E-state index contributed by atoms with van der Waals surface area (Å²) in [6.07, 6.45) is 1.93. The summed E-state index contributed by atoms with van der Waals surface area (Å²) in [6.45, 7) is 5.56. The summed E-state index contributed by atoms with van der Waals surface area (Å²) in [5.41, 5.74) is -0.417. The number of nitrogens with one attached hydrogen (secondary N) is 1. The van der Waals surface area contributed by atoms with Crippen molar-refractivity contribution in [2.24, 2.45) is 5.41 Å². The van der Waals surface area contributed by atoms with Crippen LogP contribution in [0.4, 0.5) is 5.82 Å². The molecular weight excluding hydrogens is 210 g/mol. The van der Waals surface area contributed by atoms with Gasteiger partial charge in [-0.05, 0) is 18.4 Å². The molecule has 0 fully saturated rings. The van der Waals surface area contributed by atoms with Gasteiger partial charge in [-0.15, -0.1) is 22.0 Å². The minimum Gasteiger partial charge on any atom is -0.309 e. The Morgan fingerprint density at radius 1 is 1.33 bits per heavy atom. The van der Waals surface area contributed by atoms with E-state index in [4.69, 9.17) is 0 Å². The molecule has 4 nitrogen and oxygen atoms in total. The summed E-state index contributed by atoms with van der Waals surface area (Å²) < 4.78 is 0. The molecule has 0 bridgehead atoms. The Balaban J connectivity index is 2.70. The van der Waals surface area contributed by atoms with Crippen molar-refractivity contribution in [3.63, 3.8) is 0 Å². The largest absolute Gasteiger partial charge is 0.309 e. The molecule has 0 aromatic carbocycles. The summed E-state index contributed by atoms with van der Waals surface area (Å²) >= 11 is 1.52. The first-order valence-electron chi connectivity index (χ1n) is 4.62. The van der Waals surface area contributed by atoms with Gasteiger partial charge in [-0.3, -0.25) is 4.79 Å². The molecule has 1 heterocycles. The van der Waals surface area contributed by atoms with Crippen LogP contribution in [0, 0.1) is 5.41 Å². The van der Waals surface area contributed by atoms with Gasteiger partial charge in [0, 0.05) is 5.41 Å². The van der Waals surface area contributed by atoms with Gasteiger partial charge in [0.15, 0.2) is 5.82 Å². The summed E-state index contributed by atoms with van der Waals surface area (Å²) in [7, 11) is 0. The van der Waals surface area contributed by atoms with Crippen LogP contribution >= 0.6 is 11.8 Å². The number of hydrogen-bond acceptors (Lipinski definition) is 4. The van der Waals surface area contributed by atoms with Crippen molar-refractivity contribution in [3.8, 4) is 0 Å². The molecule has 0 spiro atoms. The highest BCUT2D eigenvalue weighted by Gasteiger charge is 2.21. The number of anilines is 1. The van der Waals surface area contributed by atoms with E-state index in [0.29, 0.717) is 5.82 Å². The summed E-state index contributed by atoms with van der Waals surface area (Å²) in [5.74, 6) is 0.432. The molecule has 0 radical (unpaired) electrons. The molecule has 0 aliphatic rings. The minimum atomic E-state index is -0.417. The molecule has 1 amide bonds. The Morgan fingerprint density at radius 2 is 2.00 bits per heavy atom. The Bertz CT molecular complexity index is 343. The predicted molar refractivity (Wildman–Crippen MR) is 61.9 cm³/mol. The number of amides is 1. The van der Waals surface area contributed by atoms with Crippen molar-refractivity contribution in [3.05, 3.63) is 12.1 Å². The molecule has 0 saturated heterocycles. The average Bonchev–Trinajstić information content (AvgIpc) is 2.17. The zero-order chi connectivity index (χ0) is 11.5. The molecular formula is C10H15N3OS. The molecule has 0 saturated carbocycles. The van der Waals surface area contributed by atoms with Gasteiger partial charge in [0.1, 0.15) is 5.03 Å². The van der Waals surface area contributed by atoms with E-state index in [1.54, 1.807) is 6.07 Å².